The van der Waals surface area contributed by atoms with E-state index in [1.165, 1.54) is 18.2 Å². The summed E-state index contributed by atoms with van der Waals surface area (Å²) >= 11 is 0. The van der Waals surface area contributed by atoms with Gasteiger partial charge in [0.05, 0.1) is 7.11 Å². The summed E-state index contributed by atoms with van der Waals surface area (Å²) in [7, 11) is -2.06. The fraction of sp³-hybridized carbons (Fsp3) is 0.400. The second kappa shape index (κ2) is 7.29. The molecule has 0 bridgehead atoms. The van der Waals surface area contributed by atoms with Gasteiger partial charge < -0.3 is 9.64 Å². The molecule has 2 aromatic rings. The molecule has 0 amide bonds. The fourth-order valence-corrected chi connectivity index (χ4v) is 4.90. The number of hydrogen-bond donors (Lipinski definition) is 0. The van der Waals surface area contributed by atoms with Crippen molar-refractivity contribution in [1.82, 2.24) is 4.31 Å². The summed E-state index contributed by atoms with van der Waals surface area (Å²) in [6.45, 7) is 8.36. The Morgan fingerprint density at radius 1 is 0.885 bits per heavy atom. The number of methoxy groups -OCH3 is 1. The van der Waals surface area contributed by atoms with Crippen LogP contribution in [0.4, 0.5) is 5.69 Å². The van der Waals surface area contributed by atoms with E-state index >= 15 is 0 Å². The van der Waals surface area contributed by atoms with E-state index in [4.69, 9.17) is 4.74 Å². The number of ether oxygens (including phenoxy) is 1. The third kappa shape index (κ3) is 3.57. The zero-order valence-corrected chi connectivity index (χ0v) is 16.6. The van der Waals surface area contributed by atoms with Crippen LogP contribution in [0.2, 0.25) is 0 Å². The first-order valence-corrected chi connectivity index (χ1v) is 10.2. The van der Waals surface area contributed by atoms with Crippen LogP contribution < -0.4 is 9.64 Å². The van der Waals surface area contributed by atoms with Gasteiger partial charge in [0, 0.05) is 31.9 Å². The van der Waals surface area contributed by atoms with Crippen molar-refractivity contribution in [3.05, 3.63) is 53.1 Å². The number of sulfonamides is 1. The van der Waals surface area contributed by atoms with Crippen LogP contribution in [0.1, 0.15) is 16.7 Å². The van der Waals surface area contributed by atoms with Gasteiger partial charge in [0.2, 0.25) is 10.0 Å². The molecule has 1 saturated heterocycles. The highest BCUT2D eigenvalue weighted by atomic mass is 32.2. The molecule has 0 aromatic heterocycles. The SMILES string of the molecule is COc1ccc(C)cc1S(=O)(=O)N1CCN(c2ccc(C)c(C)c2)CC1. The summed E-state index contributed by atoms with van der Waals surface area (Å²) in [6, 6.07) is 11.7. The molecule has 1 aliphatic rings. The van der Waals surface area contributed by atoms with E-state index in [9.17, 15) is 8.42 Å². The Labute approximate surface area is 156 Å². The van der Waals surface area contributed by atoms with E-state index in [1.54, 1.807) is 16.4 Å². The van der Waals surface area contributed by atoms with Gasteiger partial charge in [-0.3, -0.25) is 0 Å². The molecular formula is C20H26N2O3S. The summed E-state index contributed by atoms with van der Waals surface area (Å²) in [5.41, 5.74) is 4.57. The van der Waals surface area contributed by atoms with Gasteiger partial charge in [0.25, 0.3) is 0 Å². The lowest BCUT2D eigenvalue weighted by molar-refractivity contribution is 0.374. The first kappa shape index (κ1) is 18.7. The summed E-state index contributed by atoms with van der Waals surface area (Å²) in [5.74, 6) is 0.396. The van der Waals surface area contributed by atoms with E-state index in [0.717, 1.165) is 11.3 Å². The van der Waals surface area contributed by atoms with Crippen LogP contribution in [-0.2, 0) is 10.0 Å². The van der Waals surface area contributed by atoms with Crippen molar-refractivity contribution in [3.8, 4) is 5.75 Å². The van der Waals surface area contributed by atoms with Crippen molar-refractivity contribution in [1.29, 1.82) is 0 Å². The minimum Gasteiger partial charge on any atom is -0.495 e. The van der Waals surface area contributed by atoms with Gasteiger partial charge in [-0.25, -0.2) is 8.42 Å². The molecule has 0 N–H and O–H groups in total. The number of benzene rings is 2. The third-order valence-electron chi connectivity index (χ3n) is 5.03. The van der Waals surface area contributed by atoms with Crippen LogP contribution in [0.5, 0.6) is 5.75 Å². The summed E-state index contributed by atoms with van der Waals surface area (Å²) < 4.78 is 33.0. The average molecular weight is 375 g/mol. The van der Waals surface area contributed by atoms with E-state index in [0.29, 0.717) is 31.9 Å². The standard InChI is InChI=1S/C20H26N2O3S/c1-15-5-8-19(25-4)20(13-15)26(23,24)22-11-9-21(10-12-22)18-7-6-16(2)17(3)14-18/h5-8,13-14H,9-12H2,1-4H3. The maximum atomic E-state index is 13.1. The Kier molecular flexibility index (Phi) is 5.25. The molecule has 140 valence electrons. The zero-order valence-electron chi connectivity index (χ0n) is 15.8. The molecule has 1 aliphatic heterocycles. The first-order valence-electron chi connectivity index (χ1n) is 8.80. The monoisotopic (exact) mass is 374 g/mol. The highest BCUT2D eigenvalue weighted by Gasteiger charge is 2.31. The van der Waals surface area contributed by atoms with Crippen LogP contribution in [-0.4, -0.2) is 46.0 Å². The number of nitrogens with zero attached hydrogens (tertiary/aromatic N) is 2. The molecule has 1 heterocycles. The van der Waals surface area contributed by atoms with Crippen LogP contribution in [0, 0.1) is 20.8 Å². The first-order chi connectivity index (χ1) is 12.3. The molecule has 0 aliphatic carbocycles. The summed E-state index contributed by atoms with van der Waals surface area (Å²) in [5, 5.41) is 0. The Hall–Kier alpha value is -2.05. The lowest BCUT2D eigenvalue weighted by Gasteiger charge is -2.35. The molecule has 0 unspecified atom stereocenters. The Balaban J connectivity index is 1.79. The molecule has 3 rings (SSSR count). The van der Waals surface area contributed by atoms with Gasteiger partial charge >= 0.3 is 0 Å². The highest BCUT2D eigenvalue weighted by Crippen LogP contribution is 2.29. The predicted molar refractivity (Wildman–Crippen MR) is 105 cm³/mol. The largest absolute Gasteiger partial charge is 0.495 e. The van der Waals surface area contributed by atoms with E-state index in [-0.39, 0.29) is 4.90 Å². The van der Waals surface area contributed by atoms with Gasteiger partial charge in [-0.2, -0.15) is 4.31 Å². The van der Waals surface area contributed by atoms with Gasteiger partial charge in [0.1, 0.15) is 10.6 Å². The molecule has 5 nitrogen and oxygen atoms in total. The zero-order chi connectivity index (χ0) is 18.9. The van der Waals surface area contributed by atoms with Crippen molar-refractivity contribution >= 4 is 15.7 Å². The predicted octanol–water partition coefficient (Wildman–Crippen LogP) is 3.13. The normalized spacial score (nSPS) is 15.9. The van der Waals surface area contributed by atoms with Crippen molar-refractivity contribution in [2.45, 2.75) is 25.7 Å². The average Bonchev–Trinajstić information content (AvgIpc) is 2.64. The molecule has 26 heavy (non-hydrogen) atoms. The van der Waals surface area contributed by atoms with E-state index in [2.05, 4.69) is 36.9 Å². The minimum atomic E-state index is -3.57. The number of hydrogen-bond acceptors (Lipinski definition) is 4. The van der Waals surface area contributed by atoms with Crippen molar-refractivity contribution in [2.75, 3.05) is 38.2 Å². The summed E-state index contributed by atoms with van der Waals surface area (Å²) in [6.07, 6.45) is 0. The number of anilines is 1. The van der Waals surface area contributed by atoms with E-state index < -0.39 is 10.0 Å². The Morgan fingerprint density at radius 2 is 1.58 bits per heavy atom. The molecule has 6 heteroatoms. The van der Waals surface area contributed by atoms with Crippen molar-refractivity contribution in [3.63, 3.8) is 0 Å². The molecule has 2 aromatic carbocycles. The van der Waals surface area contributed by atoms with Gasteiger partial charge in [-0.05, 0) is 61.7 Å². The van der Waals surface area contributed by atoms with Crippen LogP contribution in [0.3, 0.4) is 0 Å². The molecule has 1 fully saturated rings. The van der Waals surface area contributed by atoms with Crippen molar-refractivity contribution in [2.24, 2.45) is 0 Å². The fourth-order valence-electron chi connectivity index (χ4n) is 3.23. The number of piperazine rings is 1. The Bertz CT molecular complexity index is 901. The molecule has 0 radical (unpaired) electrons. The molecular weight excluding hydrogens is 348 g/mol. The van der Waals surface area contributed by atoms with Gasteiger partial charge in [0.15, 0.2) is 0 Å². The third-order valence-corrected chi connectivity index (χ3v) is 6.95. The lowest BCUT2D eigenvalue weighted by atomic mass is 10.1. The highest BCUT2D eigenvalue weighted by molar-refractivity contribution is 7.89. The minimum absolute atomic E-state index is 0.250. The number of rotatable bonds is 4. The van der Waals surface area contributed by atoms with Gasteiger partial charge in [-0.1, -0.05) is 12.1 Å². The topological polar surface area (TPSA) is 49.9 Å². The van der Waals surface area contributed by atoms with Crippen LogP contribution in [0.25, 0.3) is 0 Å². The summed E-state index contributed by atoms with van der Waals surface area (Å²) in [4.78, 5) is 2.49. The Morgan fingerprint density at radius 3 is 2.19 bits per heavy atom. The number of aryl methyl sites for hydroxylation is 3. The van der Waals surface area contributed by atoms with Crippen LogP contribution >= 0.6 is 0 Å². The van der Waals surface area contributed by atoms with Gasteiger partial charge in [-0.15, -0.1) is 0 Å². The van der Waals surface area contributed by atoms with Crippen LogP contribution in [0.15, 0.2) is 41.3 Å². The molecule has 0 spiro atoms. The molecule has 0 atom stereocenters. The van der Waals surface area contributed by atoms with E-state index in [1.807, 2.05) is 13.0 Å². The second-order valence-electron chi connectivity index (χ2n) is 6.81. The smallest absolute Gasteiger partial charge is 0.246 e. The maximum Gasteiger partial charge on any atom is 0.246 e. The van der Waals surface area contributed by atoms with Crippen molar-refractivity contribution < 1.29 is 13.2 Å². The maximum absolute atomic E-state index is 13.1. The lowest BCUT2D eigenvalue weighted by Crippen LogP contribution is -2.48. The molecule has 0 saturated carbocycles. The second-order valence-corrected chi connectivity index (χ2v) is 8.72. The quantitative estimate of drug-likeness (QED) is 0.825.